The summed E-state index contributed by atoms with van der Waals surface area (Å²) in [5, 5.41) is 2.80. The van der Waals surface area contributed by atoms with Gasteiger partial charge in [0.05, 0.1) is 20.3 Å². The van der Waals surface area contributed by atoms with Crippen LogP contribution in [0.2, 0.25) is 0 Å². The van der Waals surface area contributed by atoms with Crippen molar-refractivity contribution in [2.75, 3.05) is 32.7 Å². The lowest BCUT2D eigenvalue weighted by Gasteiger charge is -2.29. The van der Waals surface area contributed by atoms with E-state index in [1.54, 1.807) is 35.7 Å². The molecular weight excluding hydrogens is 394 g/mol. The minimum Gasteiger partial charge on any atom is -0.490 e. The first kappa shape index (κ1) is 20.5. The van der Waals surface area contributed by atoms with Gasteiger partial charge in [0.15, 0.2) is 11.5 Å². The summed E-state index contributed by atoms with van der Waals surface area (Å²) in [6, 6.07) is 13.0. The van der Waals surface area contributed by atoms with Crippen LogP contribution >= 0.6 is 11.9 Å². The van der Waals surface area contributed by atoms with E-state index in [4.69, 9.17) is 9.47 Å². The number of aromatic nitrogens is 1. The van der Waals surface area contributed by atoms with Crippen molar-refractivity contribution in [3.8, 4) is 0 Å². The lowest BCUT2D eigenvalue weighted by atomic mass is 10.1. The van der Waals surface area contributed by atoms with E-state index in [-0.39, 0.29) is 19.1 Å². The summed E-state index contributed by atoms with van der Waals surface area (Å²) in [4.78, 5) is 29.1. The van der Waals surface area contributed by atoms with Gasteiger partial charge in [-0.15, -0.1) is 0 Å². The van der Waals surface area contributed by atoms with Gasteiger partial charge in [0.1, 0.15) is 5.82 Å². The number of rotatable bonds is 7. The van der Waals surface area contributed by atoms with Gasteiger partial charge in [0.25, 0.3) is 5.91 Å². The van der Waals surface area contributed by atoms with E-state index in [1.165, 1.54) is 19.1 Å². The first-order valence-corrected chi connectivity index (χ1v) is 9.68. The van der Waals surface area contributed by atoms with Gasteiger partial charge < -0.3 is 23.8 Å². The molecule has 2 aromatic rings. The Morgan fingerprint density at radius 3 is 2.69 bits per heavy atom. The molecule has 0 aliphatic carbocycles. The molecule has 1 aromatic heterocycles. The second-order valence-electron chi connectivity index (χ2n) is 5.94. The minimum atomic E-state index is -0.737. The Balaban J connectivity index is 1.80. The normalized spacial score (nSPS) is 12.8. The highest BCUT2D eigenvalue weighted by Crippen LogP contribution is 2.40. The molecule has 0 unspecified atom stereocenters. The molecule has 152 valence electrons. The lowest BCUT2D eigenvalue weighted by Crippen LogP contribution is -2.28. The standard InChI is InChI=1S/C20H21N3O5S/c1-23-17(19(24)22-16-10-5-6-11-21-16)18(14-8-3-4-9-15(14)29-23)27-12-7-13-28-20(25)26-2/h3-6,8-11H,7,12-13H2,1-2H3,(H,21,22,24). The molecule has 3 rings (SSSR count). The first-order valence-electron chi connectivity index (χ1n) is 8.91. The number of fused-ring (bicyclic) bond motifs is 1. The molecule has 8 nitrogen and oxygen atoms in total. The molecule has 29 heavy (non-hydrogen) atoms. The van der Waals surface area contributed by atoms with Crippen LogP contribution in [0.1, 0.15) is 12.0 Å². The number of nitrogens with one attached hydrogen (secondary N) is 1. The number of ether oxygens (including phenoxy) is 3. The highest BCUT2D eigenvalue weighted by Gasteiger charge is 2.30. The van der Waals surface area contributed by atoms with Crippen molar-refractivity contribution in [2.45, 2.75) is 11.3 Å². The van der Waals surface area contributed by atoms with Crippen molar-refractivity contribution in [1.82, 2.24) is 9.29 Å². The fraction of sp³-hybridized carbons (Fsp3) is 0.250. The smallest absolute Gasteiger partial charge is 0.490 e. The van der Waals surface area contributed by atoms with E-state index in [2.05, 4.69) is 15.0 Å². The van der Waals surface area contributed by atoms with Crippen molar-refractivity contribution in [1.29, 1.82) is 0 Å². The van der Waals surface area contributed by atoms with Gasteiger partial charge in [-0.2, -0.15) is 0 Å². The van der Waals surface area contributed by atoms with Gasteiger partial charge in [-0.05, 0) is 36.2 Å². The molecule has 0 spiro atoms. The molecular formula is C20H21N3O5S. The molecule has 1 aliphatic rings. The second kappa shape index (κ2) is 9.83. The predicted molar refractivity (Wildman–Crippen MR) is 109 cm³/mol. The third-order valence-corrected chi connectivity index (χ3v) is 4.95. The maximum atomic E-state index is 13.0. The molecule has 1 amide bonds. The van der Waals surface area contributed by atoms with Crippen molar-refractivity contribution >= 4 is 35.6 Å². The van der Waals surface area contributed by atoms with E-state index in [1.807, 2.05) is 24.3 Å². The van der Waals surface area contributed by atoms with Crippen LogP contribution in [0.25, 0.3) is 5.76 Å². The number of nitrogens with zero attached hydrogens (tertiary/aromatic N) is 2. The molecule has 0 atom stereocenters. The Bertz CT molecular complexity index is 904. The Labute approximate surface area is 173 Å². The quantitative estimate of drug-likeness (QED) is 0.417. The van der Waals surface area contributed by atoms with Crippen LogP contribution in [-0.4, -0.2) is 48.7 Å². The fourth-order valence-electron chi connectivity index (χ4n) is 2.65. The summed E-state index contributed by atoms with van der Waals surface area (Å²) in [7, 11) is 3.06. The fourth-order valence-corrected chi connectivity index (χ4v) is 3.60. The van der Waals surface area contributed by atoms with Crippen LogP contribution < -0.4 is 5.32 Å². The second-order valence-corrected chi connectivity index (χ2v) is 7.11. The number of amides is 1. The van der Waals surface area contributed by atoms with E-state index in [9.17, 15) is 9.59 Å². The number of pyridine rings is 1. The van der Waals surface area contributed by atoms with Crippen LogP contribution in [0.4, 0.5) is 10.6 Å². The van der Waals surface area contributed by atoms with Gasteiger partial charge in [-0.1, -0.05) is 18.2 Å². The molecule has 1 N–H and O–H groups in total. The third kappa shape index (κ3) is 5.20. The summed E-state index contributed by atoms with van der Waals surface area (Å²) >= 11 is 1.44. The van der Waals surface area contributed by atoms with Crippen molar-refractivity contribution in [3.63, 3.8) is 0 Å². The monoisotopic (exact) mass is 415 g/mol. The zero-order valence-corrected chi connectivity index (χ0v) is 16.9. The first-order chi connectivity index (χ1) is 14.1. The molecule has 1 aliphatic heterocycles. The average molecular weight is 415 g/mol. The number of likely N-dealkylation sites (N-methyl/N-ethyl adjacent to an activating group) is 1. The number of hydrogen-bond acceptors (Lipinski definition) is 8. The summed E-state index contributed by atoms with van der Waals surface area (Å²) in [6.07, 6.45) is 1.32. The van der Waals surface area contributed by atoms with Crippen LogP contribution in [0.3, 0.4) is 0 Å². The summed E-state index contributed by atoms with van der Waals surface area (Å²) < 4.78 is 17.0. The number of carbonyl (C=O) groups excluding carboxylic acids is 2. The number of methoxy groups -OCH3 is 1. The molecule has 9 heteroatoms. The molecule has 0 bridgehead atoms. The molecule has 0 saturated heterocycles. The lowest BCUT2D eigenvalue weighted by molar-refractivity contribution is -0.113. The van der Waals surface area contributed by atoms with Crippen molar-refractivity contribution in [2.24, 2.45) is 0 Å². The van der Waals surface area contributed by atoms with Gasteiger partial charge in [0, 0.05) is 30.1 Å². The highest BCUT2D eigenvalue weighted by molar-refractivity contribution is 7.97. The van der Waals surface area contributed by atoms with E-state index >= 15 is 0 Å². The van der Waals surface area contributed by atoms with Gasteiger partial charge in [-0.25, -0.2) is 9.78 Å². The number of benzene rings is 1. The Kier molecular flexibility index (Phi) is 6.96. The summed E-state index contributed by atoms with van der Waals surface area (Å²) in [5.74, 6) is 0.593. The van der Waals surface area contributed by atoms with Gasteiger partial charge in [-0.3, -0.25) is 4.79 Å². The SMILES string of the molecule is COC(=O)OCCCOC1=C(C(=O)Nc2ccccn2)N(C)Sc2ccccc21. The van der Waals surface area contributed by atoms with Gasteiger partial charge >= 0.3 is 6.16 Å². The molecule has 0 fully saturated rings. The van der Waals surface area contributed by atoms with E-state index in [0.717, 1.165) is 10.5 Å². The Morgan fingerprint density at radius 1 is 1.14 bits per heavy atom. The zero-order valence-electron chi connectivity index (χ0n) is 16.1. The average Bonchev–Trinajstić information content (AvgIpc) is 2.73. The largest absolute Gasteiger partial charge is 0.507 e. The number of carbonyl (C=O) groups is 2. The topological polar surface area (TPSA) is 90.0 Å². The van der Waals surface area contributed by atoms with Crippen LogP contribution in [0, 0.1) is 0 Å². The summed E-state index contributed by atoms with van der Waals surface area (Å²) in [6.45, 7) is 0.418. The van der Waals surface area contributed by atoms with Crippen LogP contribution in [-0.2, 0) is 19.0 Å². The predicted octanol–water partition coefficient (Wildman–Crippen LogP) is 3.53. The molecule has 2 heterocycles. The van der Waals surface area contributed by atoms with Gasteiger partial charge in [0.2, 0.25) is 0 Å². The molecule has 0 radical (unpaired) electrons. The van der Waals surface area contributed by atoms with Crippen LogP contribution in [0.5, 0.6) is 0 Å². The number of hydrogen-bond donors (Lipinski definition) is 1. The Hall–Kier alpha value is -3.20. The maximum Gasteiger partial charge on any atom is 0.507 e. The van der Waals surface area contributed by atoms with Crippen LogP contribution in [0.15, 0.2) is 59.3 Å². The van der Waals surface area contributed by atoms with E-state index < -0.39 is 6.16 Å². The zero-order chi connectivity index (χ0) is 20.6. The molecule has 0 saturated carbocycles. The summed E-state index contributed by atoms with van der Waals surface area (Å²) in [5.41, 5.74) is 1.21. The molecule has 1 aromatic carbocycles. The van der Waals surface area contributed by atoms with Crippen molar-refractivity contribution < 1.29 is 23.8 Å². The maximum absolute atomic E-state index is 13.0. The number of anilines is 1. The van der Waals surface area contributed by atoms with E-state index in [0.29, 0.717) is 23.7 Å². The third-order valence-electron chi connectivity index (χ3n) is 3.94. The Morgan fingerprint density at radius 2 is 1.93 bits per heavy atom. The minimum absolute atomic E-state index is 0.154. The highest BCUT2D eigenvalue weighted by atomic mass is 32.2. The van der Waals surface area contributed by atoms with Crippen molar-refractivity contribution in [3.05, 3.63) is 59.9 Å².